The Kier molecular flexibility index (Phi) is 3.83. The largest absolute Gasteiger partial charge is 0.350 e. The van der Waals surface area contributed by atoms with E-state index < -0.39 is 0 Å². The number of hydrogen-bond donors (Lipinski definition) is 1. The molecule has 0 unspecified atom stereocenters. The number of fused-ring (bicyclic) bond motifs is 1. The molecule has 0 fully saturated rings. The Labute approximate surface area is 126 Å². The van der Waals surface area contributed by atoms with Gasteiger partial charge in [-0.3, -0.25) is 4.79 Å². The van der Waals surface area contributed by atoms with Crippen LogP contribution in [-0.2, 0) is 6.54 Å². The predicted molar refractivity (Wildman–Crippen MR) is 81.3 cm³/mol. The minimum Gasteiger partial charge on any atom is -0.350 e. The first-order valence-electron chi connectivity index (χ1n) is 6.53. The van der Waals surface area contributed by atoms with Gasteiger partial charge in [0.2, 0.25) is 0 Å². The van der Waals surface area contributed by atoms with E-state index in [0.29, 0.717) is 23.8 Å². The Bertz CT molecular complexity index is 770. The van der Waals surface area contributed by atoms with Crippen LogP contribution in [0, 0.1) is 0 Å². The van der Waals surface area contributed by atoms with Gasteiger partial charge in [0.05, 0.1) is 11.9 Å². The third-order valence-electron chi connectivity index (χ3n) is 3.21. The predicted octanol–water partition coefficient (Wildman–Crippen LogP) is 2.51. The SMILES string of the molecule is O=C(NCCn1ccnc1)c1cnc(Cl)c2ccccc12. The van der Waals surface area contributed by atoms with Crippen LogP contribution in [0.1, 0.15) is 10.4 Å². The van der Waals surface area contributed by atoms with Gasteiger partial charge in [-0.05, 0) is 5.39 Å². The number of imidazole rings is 1. The molecule has 2 heterocycles. The highest BCUT2D eigenvalue weighted by molar-refractivity contribution is 6.34. The van der Waals surface area contributed by atoms with Gasteiger partial charge >= 0.3 is 0 Å². The number of hydrogen-bond acceptors (Lipinski definition) is 3. The van der Waals surface area contributed by atoms with Gasteiger partial charge in [0, 0.05) is 37.1 Å². The van der Waals surface area contributed by atoms with Gasteiger partial charge < -0.3 is 9.88 Å². The summed E-state index contributed by atoms with van der Waals surface area (Å²) in [6, 6.07) is 7.47. The second-order valence-electron chi connectivity index (χ2n) is 4.56. The average Bonchev–Trinajstić information content (AvgIpc) is 3.01. The van der Waals surface area contributed by atoms with Crippen molar-refractivity contribution in [1.29, 1.82) is 0 Å². The molecule has 0 atom stereocenters. The summed E-state index contributed by atoms with van der Waals surface area (Å²) in [5.41, 5.74) is 0.528. The molecule has 3 rings (SSSR count). The number of nitrogens with zero attached hydrogens (tertiary/aromatic N) is 3. The maximum absolute atomic E-state index is 12.3. The second-order valence-corrected chi connectivity index (χ2v) is 4.92. The molecule has 0 aliphatic heterocycles. The summed E-state index contributed by atoms with van der Waals surface area (Å²) in [7, 11) is 0. The summed E-state index contributed by atoms with van der Waals surface area (Å²) in [5.74, 6) is -0.157. The molecule has 0 aliphatic rings. The molecule has 0 radical (unpaired) electrons. The fraction of sp³-hybridized carbons (Fsp3) is 0.133. The zero-order valence-corrected chi connectivity index (χ0v) is 11.9. The Hall–Kier alpha value is -2.40. The van der Waals surface area contributed by atoms with Gasteiger partial charge in [-0.2, -0.15) is 0 Å². The summed E-state index contributed by atoms with van der Waals surface area (Å²) >= 11 is 6.05. The molecule has 0 spiro atoms. The van der Waals surface area contributed by atoms with Gasteiger partial charge in [0.25, 0.3) is 5.91 Å². The van der Waals surface area contributed by atoms with Crippen LogP contribution in [0.5, 0.6) is 0 Å². The molecule has 2 aromatic heterocycles. The lowest BCUT2D eigenvalue weighted by molar-refractivity contribution is 0.0953. The van der Waals surface area contributed by atoms with Crippen molar-refractivity contribution in [1.82, 2.24) is 19.9 Å². The maximum Gasteiger partial charge on any atom is 0.253 e. The van der Waals surface area contributed by atoms with E-state index in [9.17, 15) is 4.79 Å². The average molecular weight is 301 g/mol. The molecule has 5 nitrogen and oxygen atoms in total. The molecule has 21 heavy (non-hydrogen) atoms. The Balaban J connectivity index is 1.77. The zero-order valence-electron chi connectivity index (χ0n) is 11.2. The van der Waals surface area contributed by atoms with Crippen LogP contribution >= 0.6 is 11.6 Å². The molecular weight excluding hydrogens is 288 g/mol. The topological polar surface area (TPSA) is 59.8 Å². The highest BCUT2D eigenvalue weighted by Crippen LogP contribution is 2.23. The number of nitrogens with one attached hydrogen (secondary N) is 1. The normalized spacial score (nSPS) is 10.7. The van der Waals surface area contributed by atoms with Crippen molar-refractivity contribution < 1.29 is 4.79 Å². The van der Waals surface area contributed by atoms with Gasteiger partial charge in [0.1, 0.15) is 5.15 Å². The summed E-state index contributed by atoms with van der Waals surface area (Å²) in [6.45, 7) is 1.19. The van der Waals surface area contributed by atoms with Crippen LogP contribution < -0.4 is 5.32 Å². The Morgan fingerprint density at radius 1 is 1.29 bits per heavy atom. The van der Waals surface area contributed by atoms with Crippen molar-refractivity contribution in [2.45, 2.75) is 6.54 Å². The number of pyridine rings is 1. The number of benzene rings is 1. The number of carbonyl (C=O) groups is 1. The second kappa shape index (κ2) is 5.93. The van der Waals surface area contributed by atoms with Gasteiger partial charge in [0.15, 0.2) is 0 Å². The van der Waals surface area contributed by atoms with Gasteiger partial charge in [-0.15, -0.1) is 0 Å². The molecule has 1 aromatic carbocycles. The summed E-state index contributed by atoms with van der Waals surface area (Å²) < 4.78 is 1.90. The van der Waals surface area contributed by atoms with E-state index in [2.05, 4.69) is 15.3 Å². The van der Waals surface area contributed by atoms with Crippen LogP contribution in [-0.4, -0.2) is 27.0 Å². The van der Waals surface area contributed by atoms with Crippen molar-refractivity contribution >= 4 is 28.3 Å². The summed E-state index contributed by atoms with van der Waals surface area (Å²) in [5, 5.41) is 4.86. The molecule has 0 saturated heterocycles. The van der Waals surface area contributed by atoms with Crippen LogP contribution in [0.15, 0.2) is 49.2 Å². The van der Waals surface area contributed by atoms with Gasteiger partial charge in [-0.1, -0.05) is 35.9 Å². The number of amides is 1. The number of halogens is 1. The highest BCUT2D eigenvalue weighted by Gasteiger charge is 2.12. The van der Waals surface area contributed by atoms with Crippen molar-refractivity contribution in [2.75, 3.05) is 6.54 Å². The minimum atomic E-state index is -0.157. The lowest BCUT2D eigenvalue weighted by atomic mass is 10.1. The number of carbonyl (C=O) groups excluding carboxylic acids is 1. The Morgan fingerprint density at radius 3 is 2.86 bits per heavy atom. The van der Waals surface area contributed by atoms with E-state index in [1.165, 1.54) is 6.20 Å². The number of rotatable bonds is 4. The maximum atomic E-state index is 12.3. The standard InChI is InChI=1S/C15H13ClN4O/c16-14-12-4-2-1-3-11(12)13(9-19-14)15(21)18-6-8-20-7-5-17-10-20/h1-5,7,9-10H,6,8H2,(H,18,21). The first-order valence-corrected chi connectivity index (χ1v) is 6.90. The van der Waals surface area contributed by atoms with Crippen molar-refractivity contribution in [3.05, 3.63) is 59.9 Å². The molecule has 0 aliphatic carbocycles. The third-order valence-corrected chi connectivity index (χ3v) is 3.51. The number of aromatic nitrogens is 3. The molecular formula is C15H13ClN4O. The lowest BCUT2D eigenvalue weighted by Crippen LogP contribution is -2.27. The lowest BCUT2D eigenvalue weighted by Gasteiger charge is -2.09. The van der Waals surface area contributed by atoms with Gasteiger partial charge in [-0.25, -0.2) is 9.97 Å². The molecule has 106 valence electrons. The molecule has 3 aromatic rings. The monoisotopic (exact) mass is 300 g/mol. The smallest absolute Gasteiger partial charge is 0.253 e. The third kappa shape index (κ3) is 2.87. The van der Waals surface area contributed by atoms with Crippen LogP contribution in [0.4, 0.5) is 0 Å². The fourth-order valence-corrected chi connectivity index (χ4v) is 2.37. The molecule has 1 amide bonds. The van der Waals surface area contributed by atoms with Crippen molar-refractivity contribution in [3.63, 3.8) is 0 Å². The van der Waals surface area contributed by atoms with E-state index in [1.807, 2.05) is 35.0 Å². The van der Waals surface area contributed by atoms with Crippen LogP contribution in [0.3, 0.4) is 0 Å². The first kappa shape index (κ1) is 13.6. The van der Waals surface area contributed by atoms with E-state index >= 15 is 0 Å². The van der Waals surface area contributed by atoms with Crippen LogP contribution in [0.2, 0.25) is 5.15 Å². The quantitative estimate of drug-likeness (QED) is 0.753. The molecule has 6 heteroatoms. The highest BCUT2D eigenvalue weighted by atomic mass is 35.5. The molecule has 0 saturated carbocycles. The first-order chi connectivity index (χ1) is 10.3. The van der Waals surface area contributed by atoms with Crippen molar-refractivity contribution in [3.8, 4) is 0 Å². The summed E-state index contributed by atoms with van der Waals surface area (Å²) in [6.07, 6.45) is 6.78. The van der Waals surface area contributed by atoms with Crippen molar-refractivity contribution in [2.24, 2.45) is 0 Å². The Morgan fingerprint density at radius 2 is 2.10 bits per heavy atom. The van der Waals surface area contributed by atoms with E-state index in [0.717, 1.165) is 10.8 Å². The van der Waals surface area contributed by atoms with E-state index in [1.54, 1.807) is 12.5 Å². The van der Waals surface area contributed by atoms with Crippen LogP contribution in [0.25, 0.3) is 10.8 Å². The summed E-state index contributed by atoms with van der Waals surface area (Å²) in [4.78, 5) is 20.3. The molecule has 1 N–H and O–H groups in total. The van der Waals surface area contributed by atoms with E-state index in [-0.39, 0.29) is 5.91 Å². The fourth-order valence-electron chi connectivity index (χ4n) is 2.15. The van der Waals surface area contributed by atoms with E-state index in [4.69, 9.17) is 11.6 Å². The minimum absolute atomic E-state index is 0.157. The molecule has 0 bridgehead atoms. The zero-order chi connectivity index (χ0) is 14.7.